The molecular formula is C15H20F6N2P+. The average Bonchev–Trinajstić information content (AvgIpc) is 2.44. The van der Waals surface area contributed by atoms with Crippen LogP contribution in [-0.2, 0) is 6.54 Å². The first kappa shape index (κ1) is 20.4. The van der Waals surface area contributed by atoms with E-state index in [0.717, 1.165) is 6.54 Å². The van der Waals surface area contributed by atoms with Crippen molar-refractivity contribution in [2.75, 3.05) is 0 Å². The van der Waals surface area contributed by atoms with Gasteiger partial charge in [0.2, 0.25) is 0 Å². The zero-order valence-electron chi connectivity index (χ0n) is 13.5. The molecule has 2 aromatic heterocycles. The van der Waals surface area contributed by atoms with Crippen LogP contribution in [0.3, 0.4) is 0 Å². The normalized spacial score (nSPS) is 14.4. The number of aromatic nitrogens is 2. The van der Waals surface area contributed by atoms with E-state index in [1.165, 1.54) is 11.1 Å². The van der Waals surface area contributed by atoms with Gasteiger partial charge in [0.05, 0.1) is 0 Å². The van der Waals surface area contributed by atoms with Gasteiger partial charge in [-0.15, -0.1) is 0 Å². The molecule has 24 heavy (non-hydrogen) atoms. The second kappa shape index (κ2) is 6.31. The number of hydrogen-bond donors (Lipinski definition) is 0. The van der Waals surface area contributed by atoms with E-state index in [-0.39, 0.29) is 0 Å². The molecule has 0 aromatic carbocycles. The molecular weight excluding hydrogens is 353 g/mol. The van der Waals surface area contributed by atoms with Gasteiger partial charge in [0, 0.05) is 24.3 Å². The number of pyridine rings is 2. The fourth-order valence-corrected chi connectivity index (χ4v) is 1.84. The van der Waals surface area contributed by atoms with Gasteiger partial charge in [-0.05, 0) is 31.9 Å². The minimum atomic E-state index is -10.7. The molecule has 0 radical (unpaired) electrons. The molecule has 0 N–H and O–H groups in total. The minimum absolute atomic E-state index is 0.516. The van der Waals surface area contributed by atoms with E-state index in [2.05, 4.69) is 79.0 Å². The second-order valence-electron chi connectivity index (χ2n) is 5.50. The van der Waals surface area contributed by atoms with Crippen molar-refractivity contribution in [3.63, 3.8) is 0 Å². The van der Waals surface area contributed by atoms with Crippen molar-refractivity contribution < 1.29 is 34.3 Å². The Morgan fingerprint density at radius 2 is 1.12 bits per heavy atom. The summed E-state index contributed by atoms with van der Waals surface area (Å²) in [6.45, 7) is 7.54. The standard InChI is InChI=1S/C15H20N2.F6P/c1-4-16-9-5-14(6-10-16)15-7-11-17(12-8-15)13(2)3;1-7(2,3,4,5)6/h5-13H,4H2,1-3H3;/q+2;-1. The summed E-state index contributed by atoms with van der Waals surface area (Å²) in [4.78, 5) is 0. The fourth-order valence-electron chi connectivity index (χ4n) is 1.84. The molecule has 0 saturated heterocycles. The zero-order valence-corrected chi connectivity index (χ0v) is 14.4. The molecule has 0 aliphatic rings. The van der Waals surface area contributed by atoms with E-state index in [1.807, 2.05) is 0 Å². The molecule has 136 valence electrons. The van der Waals surface area contributed by atoms with Crippen molar-refractivity contribution in [3.05, 3.63) is 49.1 Å². The molecule has 0 fully saturated rings. The maximum atomic E-state index is 9.87. The SMILES string of the molecule is CC[n+]1ccc(-c2cc[n+](C(C)C)cc2)cc1.F[P-](F)(F)(F)(F)F. The summed E-state index contributed by atoms with van der Waals surface area (Å²) in [5.41, 5.74) is 2.54. The third-order valence-corrected chi connectivity index (χ3v) is 3.04. The van der Waals surface area contributed by atoms with E-state index in [1.54, 1.807) is 0 Å². The van der Waals surface area contributed by atoms with Gasteiger partial charge >= 0.3 is 33.0 Å². The van der Waals surface area contributed by atoms with Gasteiger partial charge in [0.15, 0.2) is 30.8 Å². The Balaban J connectivity index is 0.000000351. The summed E-state index contributed by atoms with van der Waals surface area (Å²) in [7, 11) is -10.7. The topological polar surface area (TPSA) is 7.76 Å². The molecule has 2 nitrogen and oxygen atoms in total. The maximum absolute atomic E-state index is 10.7. The number of aryl methyl sites for hydroxylation is 1. The summed E-state index contributed by atoms with van der Waals surface area (Å²) in [6.07, 6.45) is 8.53. The third-order valence-electron chi connectivity index (χ3n) is 3.04. The summed E-state index contributed by atoms with van der Waals surface area (Å²) in [5.74, 6) is 0. The first-order valence-corrected chi connectivity index (χ1v) is 9.25. The summed E-state index contributed by atoms with van der Waals surface area (Å²) < 4.78 is 63.6. The Labute approximate surface area is 136 Å². The molecule has 0 bridgehead atoms. The van der Waals surface area contributed by atoms with Crippen LogP contribution < -0.4 is 9.13 Å². The van der Waals surface area contributed by atoms with Crippen LogP contribution in [0.1, 0.15) is 26.8 Å². The van der Waals surface area contributed by atoms with Crippen LogP contribution in [0, 0.1) is 0 Å². The van der Waals surface area contributed by atoms with Crippen molar-refractivity contribution in [2.45, 2.75) is 33.4 Å². The van der Waals surface area contributed by atoms with Crippen molar-refractivity contribution in [2.24, 2.45) is 0 Å². The molecule has 2 rings (SSSR count). The Morgan fingerprint density at radius 1 is 0.792 bits per heavy atom. The van der Waals surface area contributed by atoms with Gasteiger partial charge in [0.1, 0.15) is 6.54 Å². The molecule has 0 aliphatic carbocycles. The third kappa shape index (κ3) is 9.45. The summed E-state index contributed by atoms with van der Waals surface area (Å²) in [5, 5.41) is 0. The van der Waals surface area contributed by atoms with Gasteiger partial charge in [0.25, 0.3) is 0 Å². The molecule has 0 atom stereocenters. The quantitative estimate of drug-likeness (QED) is 0.359. The van der Waals surface area contributed by atoms with Gasteiger partial charge in [-0.2, -0.15) is 0 Å². The van der Waals surface area contributed by atoms with Gasteiger partial charge in [-0.25, -0.2) is 9.13 Å². The van der Waals surface area contributed by atoms with Crippen molar-refractivity contribution >= 4 is 7.81 Å². The number of hydrogen-bond acceptors (Lipinski definition) is 0. The number of rotatable bonds is 3. The monoisotopic (exact) mass is 373 g/mol. The van der Waals surface area contributed by atoms with Crippen LogP contribution in [0.4, 0.5) is 25.2 Å². The Kier molecular flexibility index (Phi) is 5.36. The van der Waals surface area contributed by atoms with E-state index in [4.69, 9.17) is 0 Å². The van der Waals surface area contributed by atoms with Crippen LogP contribution in [0.2, 0.25) is 0 Å². The predicted octanol–water partition coefficient (Wildman–Crippen LogP) is 5.91. The molecule has 0 saturated carbocycles. The van der Waals surface area contributed by atoms with Crippen LogP contribution in [0.5, 0.6) is 0 Å². The van der Waals surface area contributed by atoms with Crippen LogP contribution >= 0.6 is 7.81 Å². The van der Waals surface area contributed by atoms with Crippen LogP contribution in [0.15, 0.2) is 49.1 Å². The molecule has 0 aliphatic heterocycles. The molecule has 2 aromatic rings. The van der Waals surface area contributed by atoms with Gasteiger partial charge in [-0.1, -0.05) is 0 Å². The zero-order chi connectivity index (χ0) is 18.7. The van der Waals surface area contributed by atoms with E-state index < -0.39 is 7.81 Å². The Hall–Kier alpha value is -1.69. The second-order valence-corrected chi connectivity index (χ2v) is 7.42. The van der Waals surface area contributed by atoms with Gasteiger partial charge < -0.3 is 0 Å². The van der Waals surface area contributed by atoms with Crippen LogP contribution in [-0.4, -0.2) is 0 Å². The number of nitrogens with zero attached hydrogens (tertiary/aromatic N) is 2. The van der Waals surface area contributed by atoms with Crippen molar-refractivity contribution in [1.29, 1.82) is 0 Å². The molecule has 0 spiro atoms. The molecule has 9 heteroatoms. The van der Waals surface area contributed by atoms with Gasteiger partial charge in [-0.3, -0.25) is 0 Å². The van der Waals surface area contributed by atoms with Crippen molar-refractivity contribution in [1.82, 2.24) is 0 Å². The first-order chi connectivity index (χ1) is 10.7. The fraction of sp³-hybridized carbons (Fsp3) is 0.333. The molecule has 0 amide bonds. The Bertz CT molecular complexity index is 652. The molecule has 0 unspecified atom stereocenters. The average molecular weight is 373 g/mol. The van der Waals surface area contributed by atoms with Crippen molar-refractivity contribution in [3.8, 4) is 11.1 Å². The predicted molar refractivity (Wildman–Crippen MR) is 81.9 cm³/mol. The summed E-state index contributed by atoms with van der Waals surface area (Å²) >= 11 is 0. The molecule has 2 heterocycles. The van der Waals surface area contributed by atoms with E-state index >= 15 is 0 Å². The van der Waals surface area contributed by atoms with E-state index in [9.17, 15) is 25.2 Å². The number of halogens is 6. The van der Waals surface area contributed by atoms with Crippen LogP contribution in [0.25, 0.3) is 11.1 Å². The Morgan fingerprint density at radius 3 is 1.42 bits per heavy atom. The van der Waals surface area contributed by atoms with E-state index in [0.29, 0.717) is 6.04 Å². The first-order valence-electron chi connectivity index (χ1n) is 7.22. The summed E-state index contributed by atoms with van der Waals surface area (Å²) in [6, 6.07) is 9.19.